The van der Waals surface area contributed by atoms with E-state index in [1.165, 1.54) is 0 Å². The van der Waals surface area contributed by atoms with Crippen molar-refractivity contribution in [2.75, 3.05) is 19.0 Å². The molecular weight excluding hydrogens is 386 g/mol. The van der Waals surface area contributed by atoms with Crippen molar-refractivity contribution < 1.29 is 19.1 Å². The van der Waals surface area contributed by atoms with Crippen LogP contribution >= 0.6 is 15.9 Å². The van der Waals surface area contributed by atoms with Gasteiger partial charge in [0.1, 0.15) is 5.75 Å². The average Bonchev–Trinajstić information content (AvgIpc) is 2.61. The van der Waals surface area contributed by atoms with Gasteiger partial charge in [0, 0.05) is 16.6 Å². The number of anilines is 1. The SMILES string of the molecule is COc1ccccc1CCC(=O)OCC(=O)Nc1ccc(C)c(Br)c1. The van der Waals surface area contributed by atoms with Gasteiger partial charge in [-0.3, -0.25) is 9.59 Å². The van der Waals surface area contributed by atoms with E-state index in [-0.39, 0.29) is 18.9 Å². The molecule has 1 amide bonds. The summed E-state index contributed by atoms with van der Waals surface area (Å²) in [6.45, 7) is 1.65. The monoisotopic (exact) mass is 405 g/mol. The van der Waals surface area contributed by atoms with Crippen LogP contribution in [0.4, 0.5) is 5.69 Å². The van der Waals surface area contributed by atoms with Crippen molar-refractivity contribution in [1.82, 2.24) is 0 Å². The number of aryl methyl sites for hydroxylation is 2. The summed E-state index contributed by atoms with van der Waals surface area (Å²) in [5.74, 6) is -0.0643. The van der Waals surface area contributed by atoms with Gasteiger partial charge < -0.3 is 14.8 Å². The van der Waals surface area contributed by atoms with Gasteiger partial charge in [0.15, 0.2) is 6.61 Å². The van der Waals surface area contributed by atoms with Crippen LogP contribution in [0.15, 0.2) is 46.9 Å². The average molecular weight is 406 g/mol. The van der Waals surface area contributed by atoms with Gasteiger partial charge in [-0.15, -0.1) is 0 Å². The zero-order valence-electron chi connectivity index (χ0n) is 14.2. The number of ether oxygens (including phenoxy) is 2. The molecule has 1 N–H and O–H groups in total. The standard InChI is InChI=1S/C19H20BrNO4/c1-13-7-9-15(11-16(13)20)21-18(22)12-25-19(23)10-8-14-5-3-4-6-17(14)24-2/h3-7,9,11H,8,10,12H2,1-2H3,(H,21,22). The highest BCUT2D eigenvalue weighted by atomic mass is 79.9. The number of nitrogens with one attached hydrogen (secondary N) is 1. The molecule has 0 aliphatic carbocycles. The van der Waals surface area contributed by atoms with E-state index in [4.69, 9.17) is 9.47 Å². The summed E-state index contributed by atoms with van der Waals surface area (Å²) in [6.07, 6.45) is 0.680. The number of esters is 1. The van der Waals surface area contributed by atoms with Gasteiger partial charge in [0.05, 0.1) is 7.11 Å². The number of benzene rings is 2. The molecule has 0 fully saturated rings. The van der Waals surface area contributed by atoms with E-state index in [0.717, 1.165) is 21.3 Å². The Morgan fingerprint density at radius 2 is 1.92 bits per heavy atom. The quantitative estimate of drug-likeness (QED) is 0.709. The van der Waals surface area contributed by atoms with Crippen LogP contribution in [0, 0.1) is 6.92 Å². The number of hydrogen-bond acceptors (Lipinski definition) is 4. The largest absolute Gasteiger partial charge is 0.496 e. The number of hydrogen-bond donors (Lipinski definition) is 1. The molecule has 5 nitrogen and oxygen atoms in total. The summed E-state index contributed by atoms with van der Waals surface area (Å²) < 4.78 is 11.2. The van der Waals surface area contributed by atoms with Crippen LogP contribution in [0.2, 0.25) is 0 Å². The van der Waals surface area contributed by atoms with Crippen LogP contribution in [0.5, 0.6) is 5.75 Å². The summed E-state index contributed by atoms with van der Waals surface area (Å²) >= 11 is 3.41. The zero-order chi connectivity index (χ0) is 18.2. The molecule has 0 aliphatic heterocycles. The number of rotatable bonds is 7. The summed E-state index contributed by atoms with van der Waals surface area (Å²) in [4.78, 5) is 23.7. The summed E-state index contributed by atoms with van der Waals surface area (Å²) in [7, 11) is 1.59. The van der Waals surface area contributed by atoms with Gasteiger partial charge in [0.2, 0.25) is 0 Å². The van der Waals surface area contributed by atoms with Gasteiger partial charge in [-0.1, -0.05) is 40.2 Å². The number of amides is 1. The minimum atomic E-state index is -0.425. The maximum Gasteiger partial charge on any atom is 0.306 e. The molecule has 0 aromatic heterocycles. The second kappa shape index (κ2) is 9.22. The number of carbonyl (C=O) groups is 2. The molecule has 0 bridgehead atoms. The fourth-order valence-corrected chi connectivity index (χ4v) is 2.61. The third-order valence-corrected chi connectivity index (χ3v) is 4.47. The predicted octanol–water partition coefficient (Wildman–Crippen LogP) is 3.88. The second-order valence-corrected chi connectivity index (χ2v) is 6.34. The van der Waals surface area contributed by atoms with Crippen LogP contribution in [0.1, 0.15) is 17.5 Å². The zero-order valence-corrected chi connectivity index (χ0v) is 15.8. The van der Waals surface area contributed by atoms with Crippen LogP contribution in [0.25, 0.3) is 0 Å². The minimum absolute atomic E-state index is 0.184. The number of para-hydroxylation sites is 1. The smallest absolute Gasteiger partial charge is 0.306 e. The van der Waals surface area contributed by atoms with Crippen LogP contribution in [-0.2, 0) is 20.7 Å². The molecule has 6 heteroatoms. The Morgan fingerprint density at radius 3 is 2.64 bits per heavy atom. The highest BCUT2D eigenvalue weighted by molar-refractivity contribution is 9.10. The molecule has 2 aromatic carbocycles. The summed E-state index contributed by atoms with van der Waals surface area (Å²) in [5, 5.41) is 2.69. The second-order valence-electron chi connectivity index (χ2n) is 5.48. The van der Waals surface area contributed by atoms with Crippen LogP contribution in [0.3, 0.4) is 0 Å². The Bertz CT molecular complexity index is 761. The van der Waals surface area contributed by atoms with Crippen molar-refractivity contribution in [1.29, 1.82) is 0 Å². The van der Waals surface area contributed by atoms with Gasteiger partial charge in [-0.25, -0.2) is 0 Å². The predicted molar refractivity (Wildman–Crippen MR) is 99.8 cm³/mol. The van der Waals surface area contributed by atoms with Crippen molar-refractivity contribution in [3.8, 4) is 5.75 Å². The Balaban J connectivity index is 1.77. The molecule has 25 heavy (non-hydrogen) atoms. The molecule has 0 spiro atoms. The van der Waals surface area contributed by atoms with Crippen LogP contribution in [-0.4, -0.2) is 25.6 Å². The Kier molecular flexibility index (Phi) is 7.01. The molecule has 0 saturated carbocycles. The fraction of sp³-hybridized carbons (Fsp3) is 0.263. The normalized spacial score (nSPS) is 10.2. The van der Waals surface area contributed by atoms with Gasteiger partial charge in [0.25, 0.3) is 5.91 Å². The topological polar surface area (TPSA) is 64.6 Å². The third kappa shape index (κ3) is 5.90. The first-order valence-electron chi connectivity index (χ1n) is 7.83. The van der Waals surface area contributed by atoms with Gasteiger partial charge in [-0.05, 0) is 42.7 Å². The van der Waals surface area contributed by atoms with Crippen molar-refractivity contribution in [3.63, 3.8) is 0 Å². The van der Waals surface area contributed by atoms with Crippen molar-refractivity contribution >= 4 is 33.5 Å². The minimum Gasteiger partial charge on any atom is -0.496 e. The molecule has 2 rings (SSSR count). The number of halogens is 1. The van der Waals surface area contributed by atoms with E-state index in [1.54, 1.807) is 19.2 Å². The lowest BCUT2D eigenvalue weighted by molar-refractivity contribution is -0.147. The number of methoxy groups -OCH3 is 1. The van der Waals surface area contributed by atoms with E-state index < -0.39 is 5.97 Å². The van der Waals surface area contributed by atoms with E-state index in [9.17, 15) is 9.59 Å². The van der Waals surface area contributed by atoms with Crippen LogP contribution < -0.4 is 10.1 Å². The van der Waals surface area contributed by atoms with Gasteiger partial charge in [-0.2, -0.15) is 0 Å². The van der Waals surface area contributed by atoms with Gasteiger partial charge >= 0.3 is 5.97 Å². The first kappa shape index (κ1) is 19.0. The Morgan fingerprint density at radius 1 is 1.16 bits per heavy atom. The fourth-order valence-electron chi connectivity index (χ4n) is 2.23. The molecule has 132 valence electrons. The number of carbonyl (C=O) groups excluding carboxylic acids is 2. The molecule has 0 atom stereocenters. The lowest BCUT2D eigenvalue weighted by Gasteiger charge is -2.09. The molecule has 0 saturated heterocycles. The van der Waals surface area contributed by atoms with Crippen molar-refractivity contribution in [2.24, 2.45) is 0 Å². The maximum atomic E-state index is 11.9. The van der Waals surface area contributed by atoms with Crippen molar-refractivity contribution in [3.05, 3.63) is 58.1 Å². The summed E-state index contributed by atoms with van der Waals surface area (Å²) in [6, 6.07) is 13.0. The van der Waals surface area contributed by atoms with E-state index in [2.05, 4.69) is 21.2 Å². The summed E-state index contributed by atoms with van der Waals surface area (Å²) in [5.41, 5.74) is 2.64. The highest BCUT2D eigenvalue weighted by Crippen LogP contribution is 2.21. The molecular formula is C19H20BrNO4. The molecule has 0 radical (unpaired) electrons. The molecule has 2 aromatic rings. The lowest BCUT2D eigenvalue weighted by Crippen LogP contribution is -2.21. The first-order chi connectivity index (χ1) is 12.0. The Labute approximate surface area is 155 Å². The first-order valence-corrected chi connectivity index (χ1v) is 8.62. The maximum absolute atomic E-state index is 11.9. The molecule has 0 aliphatic rings. The molecule has 0 unspecified atom stereocenters. The van der Waals surface area contributed by atoms with E-state index in [0.29, 0.717) is 12.1 Å². The van der Waals surface area contributed by atoms with Crippen molar-refractivity contribution in [2.45, 2.75) is 19.8 Å². The third-order valence-electron chi connectivity index (χ3n) is 3.61. The van der Waals surface area contributed by atoms with E-state index >= 15 is 0 Å². The van der Waals surface area contributed by atoms with E-state index in [1.807, 2.05) is 37.3 Å². The lowest BCUT2D eigenvalue weighted by atomic mass is 10.1. The molecule has 0 heterocycles. The highest BCUT2D eigenvalue weighted by Gasteiger charge is 2.10. The Hall–Kier alpha value is -2.34.